The van der Waals surface area contributed by atoms with Crippen molar-refractivity contribution in [3.8, 4) is 0 Å². The average Bonchev–Trinajstić information content (AvgIpc) is 2.61. The van der Waals surface area contributed by atoms with Crippen molar-refractivity contribution in [3.05, 3.63) is 29.3 Å². The molecule has 0 bridgehead atoms. The third-order valence-corrected chi connectivity index (χ3v) is 3.92. The Bertz CT molecular complexity index is 797. The summed E-state index contributed by atoms with van der Waals surface area (Å²) < 4.78 is 5.37. The molecule has 27 heavy (non-hydrogen) atoms. The van der Waals surface area contributed by atoms with E-state index in [9.17, 15) is 29.4 Å². The Hall–Kier alpha value is -3.10. The van der Waals surface area contributed by atoms with Crippen LogP contribution >= 0.6 is 0 Å². The molecule has 2 N–H and O–H groups in total. The maximum absolute atomic E-state index is 12.8. The summed E-state index contributed by atoms with van der Waals surface area (Å²) in [6.07, 6.45) is -1.48. The lowest BCUT2D eigenvalue weighted by Gasteiger charge is -2.32. The molecular formula is C18H22N2O7. The fourth-order valence-electron chi connectivity index (χ4n) is 2.83. The van der Waals surface area contributed by atoms with Gasteiger partial charge in [0.2, 0.25) is 5.91 Å². The smallest absolute Gasteiger partial charge is 0.415 e. The first-order valence-corrected chi connectivity index (χ1v) is 8.26. The van der Waals surface area contributed by atoms with E-state index < -0.39 is 42.0 Å². The number of benzene rings is 1. The van der Waals surface area contributed by atoms with Crippen LogP contribution in [0, 0.1) is 0 Å². The highest BCUT2D eigenvalue weighted by atomic mass is 16.6. The third-order valence-electron chi connectivity index (χ3n) is 3.92. The summed E-state index contributed by atoms with van der Waals surface area (Å²) in [5.41, 5.74) is -0.217. The van der Waals surface area contributed by atoms with Gasteiger partial charge >= 0.3 is 18.0 Å². The normalized spacial score (nSPS) is 17.2. The van der Waals surface area contributed by atoms with Gasteiger partial charge in [-0.2, -0.15) is 0 Å². The highest BCUT2D eigenvalue weighted by molar-refractivity contribution is 6.01. The first kappa shape index (κ1) is 20.2. The van der Waals surface area contributed by atoms with E-state index in [1.165, 1.54) is 30.1 Å². The first-order valence-electron chi connectivity index (χ1n) is 8.26. The highest BCUT2D eigenvalue weighted by Gasteiger charge is 2.40. The van der Waals surface area contributed by atoms with Crippen molar-refractivity contribution < 1.29 is 34.1 Å². The molecule has 9 nitrogen and oxygen atoms in total. The van der Waals surface area contributed by atoms with Crippen LogP contribution in [0.15, 0.2) is 18.2 Å². The van der Waals surface area contributed by atoms with Gasteiger partial charge in [0.25, 0.3) is 0 Å². The molecule has 1 aromatic carbocycles. The van der Waals surface area contributed by atoms with Gasteiger partial charge in [0, 0.05) is 13.6 Å². The number of fused-ring (bicyclic) bond motifs is 1. The van der Waals surface area contributed by atoms with E-state index in [0.29, 0.717) is 5.56 Å². The van der Waals surface area contributed by atoms with E-state index >= 15 is 0 Å². The number of likely N-dealkylation sites (N-methyl/N-ethyl adjacent to an activating group) is 1. The third kappa shape index (κ3) is 4.55. The van der Waals surface area contributed by atoms with E-state index in [1.54, 1.807) is 20.8 Å². The number of nitrogens with zero attached hydrogens (tertiary/aromatic N) is 2. The molecule has 1 aromatic rings. The number of hydrogen-bond acceptors (Lipinski definition) is 5. The maximum Gasteiger partial charge on any atom is 0.415 e. The van der Waals surface area contributed by atoms with Crippen molar-refractivity contribution in [3.63, 3.8) is 0 Å². The predicted octanol–water partition coefficient (Wildman–Crippen LogP) is 1.94. The Labute approximate surface area is 156 Å². The van der Waals surface area contributed by atoms with Crippen molar-refractivity contribution in [2.45, 2.75) is 45.4 Å². The van der Waals surface area contributed by atoms with Crippen LogP contribution in [0.1, 0.15) is 43.1 Å². The number of carboxylic acid groups (broad SMARTS) is 2. The van der Waals surface area contributed by atoms with Crippen LogP contribution in [0.4, 0.5) is 10.5 Å². The van der Waals surface area contributed by atoms with Crippen LogP contribution in [-0.2, 0) is 20.9 Å². The van der Waals surface area contributed by atoms with Crippen molar-refractivity contribution in [1.29, 1.82) is 0 Å². The molecule has 0 aromatic heterocycles. The molecule has 0 spiro atoms. The van der Waals surface area contributed by atoms with Gasteiger partial charge in [-0.15, -0.1) is 0 Å². The molecule has 2 rings (SSSR count). The Morgan fingerprint density at radius 1 is 1.22 bits per heavy atom. The zero-order valence-corrected chi connectivity index (χ0v) is 15.6. The molecule has 9 heteroatoms. The quantitative estimate of drug-likeness (QED) is 0.823. The molecule has 1 atom stereocenters. The molecule has 146 valence electrons. The summed E-state index contributed by atoms with van der Waals surface area (Å²) in [5.74, 6) is -2.97. The first-order chi connectivity index (χ1) is 12.4. The molecule has 1 heterocycles. The largest absolute Gasteiger partial charge is 0.481 e. The van der Waals surface area contributed by atoms with E-state index in [-0.39, 0.29) is 17.8 Å². The van der Waals surface area contributed by atoms with Gasteiger partial charge in [-0.1, -0.05) is 0 Å². The van der Waals surface area contributed by atoms with Crippen molar-refractivity contribution in [2.24, 2.45) is 0 Å². The molecule has 1 aliphatic heterocycles. The number of carbonyl (C=O) groups excluding carboxylic acids is 2. The van der Waals surface area contributed by atoms with Crippen molar-refractivity contribution in [2.75, 3.05) is 11.9 Å². The second kappa shape index (κ2) is 7.26. The second-order valence-electron chi connectivity index (χ2n) is 7.31. The molecule has 0 radical (unpaired) electrons. The molecule has 0 aliphatic carbocycles. The van der Waals surface area contributed by atoms with Crippen LogP contribution in [0.5, 0.6) is 0 Å². The number of rotatable bonds is 3. The zero-order valence-electron chi connectivity index (χ0n) is 15.6. The standard InChI is InChI=1S/C18H22N2O7/c1-18(2,3)27-17(26)20-12-6-5-10(16(24)25)7-11(12)9-19(4)15(23)13(20)8-14(21)22/h5-7,13H,8-9H2,1-4H3,(H,21,22)(H,24,25). The number of ether oxygens (including phenoxy) is 1. The van der Waals surface area contributed by atoms with Gasteiger partial charge in [0.05, 0.1) is 17.7 Å². The maximum atomic E-state index is 12.8. The number of hydrogen-bond donors (Lipinski definition) is 2. The van der Waals surface area contributed by atoms with Crippen LogP contribution in [-0.4, -0.2) is 57.7 Å². The minimum absolute atomic E-state index is 0.00424. The number of anilines is 1. The fourth-order valence-corrected chi connectivity index (χ4v) is 2.83. The lowest BCUT2D eigenvalue weighted by Crippen LogP contribution is -2.50. The minimum Gasteiger partial charge on any atom is -0.481 e. The molecule has 1 unspecified atom stereocenters. The van der Waals surface area contributed by atoms with Gasteiger partial charge < -0.3 is 19.8 Å². The molecule has 0 saturated heterocycles. The zero-order chi connectivity index (χ0) is 20.5. The van der Waals surface area contributed by atoms with Gasteiger partial charge in [-0.3, -0.25) is 14.5 Å². The molecule has 1 aliphatic rings. The number of amides is 2. The van der Waals surface area contributed by atoms with Gasteiger partial charge in [0.1, 0.15) is 11.6 Å². The Morgan fingerprint density at radius 2 is 1.85 bits per heavy atom. The molecule has 0 saturated carbocycles. The number of aliphatic carboxylic acids is 1. The fraction of sp³-hybridized carbons (Fsp3) is 0.444. The van der Waals surface area contributed by atoms with Gasteiger partial charge in [0.15, 0.2) is 0 Å². The van der Waals surface area contributed by atoms with Crippen molar-refractivity contribution in [1.82, 2.24) is 4.90 Å². The Kier molecular flexibility index (Phi) is 5.43. The monoisotopic (exact) mass is 378 g/mol. The summed E-state index contributed by atoms with van der Waals surface area (Å²) in [7, 11) is 1.47. The SMILES string of the molecule is CN1Cc2cc(C(=O)O)ccc2N(C(=O)OC(C)(C)C)C(CC(=O)O)C1=O. The van der Waals surface area contributed by atoms with E-state index in [1.807, 2.05) is 0 Å². The predicted molar refractivity (Wildman–Crippen MR) is 94.6 cm³/mol. The van der Waals surface area contributed by atoms with Gasteiger partial charge in [-0.05, 0) is 44.5 Å². The Balaban J connectivity index is 2.63. The lowest BCUT2D eigenvalue weighted by molar-refractivity contribution is -0.141. The minimum atomic E-state index is -1.31. The van der Waals surface area contributed by atoms with E-state index in [2.05, 4.69) is 0 Å². The van der Waals surface area contributed by atoms with E-state index in [0.717, 1.165) is 4.90 Å². The summed E-state index contributed by atoms with van der Waals surface area (Å²) >= 11 is 0. The van der Waals surface area contributed by atoms with Crippen LogP contribution in [0.2, 0.25) is 0 Å². The van der Waals surface area contributed by atoms with Crippen LogP contribution in [0.25, 0.3) is 0 Å². The Morgan fingerprint density at radius 3 is 2.37 bits per heavy atom. The summed E-state index contributed by atoms with van der Waals surface area (Å²) in [5, 5.41) is 18.4. The second-order valence-corrected chi connectivity index (χ2v) is 7.31. The van der Waals surface area contributed by atoms with E-state index in [4.69, 9.17) is 4.74 Å². The van der Waals surface area contributed by atoms with Crippen molar-refractivity contribution >= 4 is 29.6 Å². The molecule has 2 amide bonds. The lowest BCUT2D eigenvalue weighted by atomic mass is 10.1. The number of aromatic carboxylic acids is 1. The number of carboxylic acids is 2. The molecule has 0 fully saturated rings. The van der Waals surface area contributed by atoms with Crippen LogP contribution < -0.4 is 4.90 Å². The number of carbonyl (C=O) groups is 4. The van der Waals surface area contributed by atoms with Gasteiger partial charge in [-0.25, -0.2) is 9.59 Å². The summed E-state index contributed by atoms with van der Waals surface area (Å²) in [6.45, 7) is 4.98. The summed E-state index contributed by atoms with van der Waals surface area (Å²) in [4.78, 5) is 50.4. The highest BCUT2D eigenvalue weighted by Crippen LogP contribution is 2.32. The van der Waals surface area contributed by atoms with Crippen LogP contribution in [0.3, 0.4) is 0 Å². The average molecular weight is 378 g/mol. The molecular weight excluding hydrogens is 356 g/mol. The summed E-state index contributed by atoms with van der Waals surface area (Å²) in [6, 6.07) is 2.75. The topological polar surface area (TPSA) is 124 Å².